The standard InChI is InChI=1S/C39H60N2O.2ClH.Fe/c1-22(2)30-18-32(24(5)6)38(33(19-30)25(7)8)40-28(13)36-16-15-17-37(42-36)29(14)41-39-34(26(9)10)20-31(23(3)4)21-35(39)27(11)12;;;/h18-27,36-37H,15-17H2,1-14H3;2*1H;/q;;;+2/p-1. The molecular formula is C39H61Cl2FeN2O+. The van der Waals surface area contributed by atoms with Crippen molar-refractivity contribution in [2.75, 3.05) is 0 Å². The van der Waals surface area contributed by atoms with Gasteiger partial charge in [-0.05, 0) is 89.2 Å². The van der Waals surface area contributed by atoms with Crippen LogP contribution in [0, 0.1) is 0 Å². The van der Waals surface area contributed by atoms with E-state index in [1.807, 2.05) is 0 Å². The molecule has 0 aromatic heterocycles. The van der Waals surface area contributed by atoms with E-state index >= 15 is 0 Å². The molecule has 254 valence electrons. The van der Waals surface area contributed by atoms with E-state index in [0.717, 1.165) is 30.7 Å². The molecule has 45 heavy (non-hydrogen) atoms. The molecule has 2 unspecified atom stereocenters. The van der Waals surface area contributed by atoms with E-state index in [-0.39, 0.29) is 25.3 Å². The van der Waals surface area contributed by atoms with Gasteiger partial charge in [0.1, 0.15) is 0 Å². The number of halogens is 2. The van der Waals surface area contributed by atoms with Gasteiger partial charge in [0.2, 0.25) is 0 Å². The zero-order valence-electron chi connectivity index (χ0n) is 30.5. The molecule has 6 heteroatoms. The Balaban J connectivity index is 0.00000226. The number of aliphatic hydroxyl groups is 2. The van der Waals surface area contributed by atoms with E-state index < -0.39 is 0 Å². The predicted molar refractivity (Wildman–Crippen MR) is 198 cm³/mol. The topological polar surface area (TPSA) is 37.5 Å². The molecule has 2 aromatic carbocycles. The number of nitrogens with zero attached hydrogens (tertiary/aromatic N) is 2. The Labute approximate surface area is 291 Å². The molecule has 1 aliphatic heterocycles. The van der Waals surface area contributed by atoms with Gasteiger partial charge in [-0.1, -0.05) is 107 Å². The van der Waals surface area contributed by atoms with Crippen LogP contribution in [0.25, 0.3) is 0 Å². The molecule has 0 spiro atoms. The van der Waals surface area contributed by atoms with Crippen molar-refractivity contribution in [3.05, 3.63) is 57.6 Å². The van der Waals surface area contributed by atoms with Crippen LogP contribution in [0.2, 0.25) is 0 Å². The SMILES string of the molecule is CC(=Nc1c(C(C)C)cc(C(C)C)cc1C(C)C)C1CCCC(C(C)=Nc2c(C(C)C)cc(C(C)C)cc2C(C)C)[OH+]1.[Cl][Fe][Cl]. The fourth-order valence-electron chi connectivity index (χ4n) is 6.10. The monoisotopic (exact) mass is 699 g/mol. The zero-order chi connectivity index (χ0) is 34.2. The van der Waals surface area contributed by atoms with Gasteiger partial charge in [0.25, 0.3) is 0 Å². The van der Waals surface area contributed by atoms with Crippen LogP contribution < -0.4 is 0 Å². The van der Waals surface area contributed by atoms with Gasteiger partial charge in [-0.2, -0.15) is 0 Å². The van der Waals surface area contributed by atoms with Crippen molar-refractivity contribution in [1.29, 1.82) is 0 Å². The first-order valence-electron chi connectivity index (χ1n) is 17.0. The molecule has 2 aromatic rings. The minimum absolute atomic E-state index is 0.135. The third-order valence-corrected chi connectivity index (χ3v) is 9.06. The molecular weight excluding hydrogens is 639 g/mol. The zero-order valence-corrected chi connectivity index (χ0v) is 33.1. The van der Waals surface area contributed by atoms with Gasteiger partial charge in [0, 0.05) is 12.8 Å². The van der Waals surface area contributed by atoms with Gasteiger partial charge in [-0.15, -0.1) is 0 Å². The molecule has 3 rings (SSSR count). The summed E-state index contributed by atoms with van der Waals surface area (Å²) in [7, 11) is 9.53. The van der Waals surface area contributed by atoms with Crippen molar-refractivity contribution in [2.45, 2.75) is 164 Å². The average Bonchev–Trinajstić information content (AvgIpc) is 2.96. The number of hydrogen-bond acceptors (Lipinski definition) is 2. The van der Waals surface area contributed by atoms with Crippen molar-refractivity contribution in [3.8, 4) is 0 Å². The number of ether oxygens (including phenoxy) is 1. The number of hydrogen-bond donors (Lipinski definition) is 0. The summed E-state index contributed by atoms with van der Waals surface area (Å²) in [5.74, 6) is 2.70. The molecule has 0 saturated carbocycles. The first-order valence-corrected chi connectivity index (χ1v) is 20.1. The van der Waals surface area contributed by atoms with E-state index in [4.69, 9.17) is 34.9 Å². The van der Waals surface area contributed by atoms with Crippen molar-refractivity contribution in [2.24, 2.45) is 9.98 Å². The normalized spacial score (nSPS) is 18.2. The van der Waals surface area contributed by atoms with Crippen LogP contribution in [-0.2, 0) is 13.1 Å². The van der Waals surface area contributed by atoms with Crippen molar-refractivity contribution >= 4 is 43.0 Å². The average molecular weight is 701 g/mol. The minimum atomic E-state index is 0.135. The maximum absolute atomic E-state index is 5.40. The summed E-state index contributed by atoms with van der Waals surface area (Å²) < 4.78 is 5.40. The van der Waals surface area contributed by atoms with E-state index in [1.54, 1.807) is 0 Å². The molecule has 1 heterocycles. The summed E-state index contributed by atoms with van der Waals surface area (Å²) in [6, 6.07) is 9.59. The second-order valence-corrected chi connectivity index (χ2v) is 16.5. The fourth-order valence-corrected chi connectivity index (χ4v) is 6.10. The van der Waals surface area contributed by atoms with Crippen LogP contribution in [-0.4, -0.2) is 28.4 Å². The quantitative estimate of drug-likeness (QED) is 0.134. The molecule has 3 nitrogen and oxygen atoms in total. The molecule has 0 radical (unpaired) electrons. The number of aliphatic imine (C=N–C) groups is 2. The molecule has 0 aliphatic carbocycles. The van der Waals surface area contributed by atoms with E-state index in [1.165, 1.54) is 44.8 Å². The molecule has 1 aliphatic rings. The second-order valence-electron chi connectivity index (χ2n) is 14.7. The maximum atomic E-state index is 5.40. The summed E-state index contributed by atoms with van der Waals surface area (Å²) in [6.07, 6.45) is 3.55. The van der Waals surface area contributed by atoms with Crippen LogP contribution in [0.5, 0.6) is 0 Å². The molecule has 0 bridgehead atoms. The van der Waals surface area contributed by atoms with Crippen LogP contribution in [0.4, 0.5) is 11.4 Å². The summed E-state index contributed by atoms with van der Waals surface area (Å²) in [4.78, 5) is 10.8. The third-order valence-electron chi connectivity index (χ3n) is 9.06. The van der Waals surface area contributed by atoms with Gasteiger partial charge < -0.3 is 4.74 Å². The van der Waals surface area contributed by atoms with E-state index in [0.29, 0.717) is 35.5 Å². The van der Waals surface area contributed by atoms with E-state index in [2.05, 4.69) is 121 Å². The predicted octanol–water partition coefficient (Wildman–Crippen LogP) is 13.1. The Morgan fingerprint density at radius 1 is 0.578 bits per heavy atom. The molecule has 1 fully saturated rings. The van der Waals surface area contributed by atoms with Crippen molar-refractivity contribution < 1.29 is 17.9 Å². The Bertz CT molecular complexity index is 1150. The van der Waals surface area contributed by atoms with Crippen LogP contribution in [0.1, 0.15) is 185 Å². The summed E-state index contributed by atoms with van der Waals surface area (Å²) in [6.45, 7) is 31.9. The Morgan fingerprint density at radius 3 is 1.07 bits per heavy atom. The summed E-state index contributed by atoms with van der Waals surface area (Å²) >= 11 is 0.194. The first-order chi connectivity index (χ1) is 21.0. The Hall–Kier alpha value is -1.16. The van der Waals surface area contributed by atoms with E-state index in [9.17, 15) is 0 Å². The van der Waals surface area contributed by atoms with Gasteiger partial charge in [-0.3, -0.25) is 0 Å². The number of rotatable bonds is 10. The van der Waals surface area contributed by atoms with Crippen molar-refractivity contribution in [3.63, 3.8) is 0 Å². The first kappa shape index (κ1) is 40.0. The van der Waals surface area contributed by atoms with Crippen LogP contribution >= 0.6 is 20.2 Å². The summed E-state index contributed by atoms with van der Waals surface area (Å²) in [5, 5.41) is 0. The summed E-state index contributed by atoms with van der Waals surface area (Å²) in [5.41, 5.74) is 12.9. The Morgan fingerprint density at radius 2 is 0.844 bits per heavy atom. The molecule has 1 N–H and O–H groups in total. The van der Waals surface area contributed by atoms with Gasteiger partial charge in [0.15, 0.2) is 12.2 Å². The second kappa shape index (κ2) is 18.4. The third kappa shape index (κ3) is 10.9. The van der Waals surface area contributed by atoms with Gasteiger partial charge >= 0.3 is 33.3 Å². The molecule has 0 amide bonds. The van der Waals surface area contributed by atoms with Crippen LogP contribution in [0.3, 0.4) is 0 Å². The fraction of sp³-hybridized carbons (Fsp3) is 0.641. The van der Waals surface area contributed by atoms with Crippen molar-refractivity contribution in [1.82, 2.24) is 0 Å². The molecule has 2 atom stereocenters. The van der Waals surface area contributed by atoms with Gasteiger partial charge in [0.05, 0.1) is 22.8 Å². The number of benzene rings is 2. The Kier molecular flexibility index (Phi) is 16.4. The van der Waals surface area contributed by atoms with Gasteiger partial charge in [-0.25, -0.2) is 9.98 Å². The van der Waals surface area contributed by atoms with Crippen LogP contribution in [0.15, 0.2) is 34.3 Å². The molecule has 1 saturated heterocycles.